The van der Waals surface area contributed by atoms with E-state index in [1.165, 1.54) is 10.4 Å². The number of nitrogens with zero attached hydrogens (tertiary/aromatic N) is 1. The van der Waals surface area contributed by atoms with Gasteiger partial charge in [0.2, 0.25) is 5.91 Å². The summed E-state index contributed by atoms with van der Waals surface area (Å²) in [5, 5.41) is 2.10. The lowest BCUT2D eigenvalue weighted by Crippen LogP contribution is -2.42. The van der Waals surface area contributed by atoms with Gasteiger partial charge in [-0.3, -0.25) is 4.79 Å². The summed E-state index contributed by atoms with van der Waals surface area (Å²) in [5.41, 5.74) is 2.36. The molecule has 2 atom stereocenters. The molecule has 22 heavy (non-hydrogen) atoms. The summed E-state index contributed by atoms with van der Waals surface area (Å²) in [4.78, 5) is 26.8. The van der Waals surface area contributed by atoms with Crippen LogP contribution in [0.1, 0.15) is 35.4 Å². The molecule has 0 fully saturated rings. The fourth-order valence-electron chi connectivity index (χ4n) is 3.08. The van der Waals surface area contributed by atoms with Crippen LogP contribution in [-0.2, 0) is 16.0 Å². The van der Waals surface area contributed by atoms with Crippen molar-refractivity contribution in [2.45, 2.75) is 25.8 Å². The minimum atomic E-state index is -0.260. The minimum Gasteiger partial charge on any atom is -0.331 e. The highest BCUT2D eigenvalue weighted by Gasteiger charge is 2.34. The van der Waals surface area contributed by atoms with E-state index in [0.29, 0.717) is 0 Å². The van der Waals surface area contributed by atoms with Crippen LogP contribution in [0.25, 0.3) is 0 Å². The second kappa shape index (κ2) is 6.44. The molecule has 0 radical (unpaired) electrons. The van der Waals surface area contributed by atoms with Crippen molar-refractivity contribution in [3.63, 3.8) is 0 Å². The zero-order valence-corrected chi connectivity index (χ0v) is 13.4. The Labute approximate surface area is 134 Å². The molecule has 0 spiro atoms. The van der Waals surface area contributed by atoms with Gasteiger partial charge in [0.1, 0.15) is 6.29 Å². The summed E-state index contributed by atoms with van der Waals surface area (Å²) in [5.74, 6) is -0.193. The van der Waals surface area contributed by atoms with Crippen LogP contribution in [0, 0.1) is 5.92 Å². The highest BCUT2D eigenvalue weighted by molar-refractivity contribution is 7.10. The van der Waals surface area contributed by atoms with Gasteiger partial charge in [-0.2, -0.15) is 0 Å². The van der Waals surface area contributed by atoms with Gasteiger partial charge in [0.25, 0.3) is 0 Å². The van der Waals surface area contributed by atoms with Gasteiger partial charge in [-0.1, -0.05) is 37.3 Å². The Morgan fingerprint density at radius 2 is 2.14 bits per heavy atom. The lowest BCUT2D eigenvalue weighted by molar-refractivity contribution is -0.138. The van der Waals surface area contributed by atoms with E-state index in [4.69, 9.17) is 0 Å². The molecule has 3 nitrogen and oxygen atoms in total. The van der Waals surface area contributed by atoms with Gasteiger partial charge in [0.05, 0.1) is 6.04 Å². The molecule has 1 aliphatic heterocycles. The first-order chi connectivity index (χ1) is 10.7. The molecule has 2 aromatic rings. The number of aldehydes is 1. The standard InChI is InChI=1S/C18H19NO2S/c1-13(8-11-20)18(21)19-10-7-16-15(9-12-22-16)17(19)14-5-3-2-4-6-14/h2-6,9,11-13,17H,7-8,10H2,1H3. The number of fused-ring (bicyclic) bond motifs is 1. The topological polar surface area (TPSA) is 37.4 Å². The van der Waals surface area contributed by atoms with Gasteiger partial charge in [-0.25, -0.2) is 0 Å². The lowest BCUT2D eigenvalue weighted by atomic mass is 9.92. The quantitative estimate of drug-likeness (QED) is 0.811. The fourth-order valence-corrected chi connectivity index (χ4v) is 3.98. The van der Waals surface area contributed by atoms with Gasteiger partial charge in [0.15, 0.2) is 0 Å². The van der Waals surface area contributed by atoms with Crippen LogP contribution in [-0.4, -0.2) is 23.6 Å². The molecular formula is C18H19NO2S. The van der Waals surface area contributed by atoms with Crippen LogP contribution in [0.2, 0.25) is 0 Å². The van der Waals surface area contributed by atoms with Crippen LogP contribution in [0.3, 0.4) is 0 Å². The van der Waals surface area contributed by atoms with E-state index >= 15 is 0 Å². The third kappa shape index (κ3) is 2.71. The number of rotatable bonds is 4. The van der Waals surface area contributed by atoms with Gasteiger partial charge in [-0.15, -0.1) is 11.3 Å². The van der Waals surface area contributed by atoms with Crippen molar-refractivity contribution in [3.8, 4) is 0 Å². The molecule has 114 valence electrons. The average Bonchev–Trinajstić information content (AvgIpc) is 3.02. The molecule has 2 unspecified atom stereocenters. The Balaban J connectivity index is 1.99. The third-order valence-corrected chi connectivity index (χ3v) is 5.23. The average molecular weight is 313 g/mol. The number of carbonyl (C=O) groups excluding carboxylic acids is 2. The van der Waals surface area contributed by atoms with Crippen molar-refractivity contribution in [3.05, 3.63) is 57.8 Å². The van der Waals surface area contributed by atoms with Gasteiger partial charge >= 0.3 is 0 Å². The minimum absolute atomic E-state index is 0.0298. The third-order valence-electron chi connectivity index (χ3n) is 4.24. The van der Waals surface area contributed by atoms with E-state index < -0.39 is 0 Å². The van der Waals surface area contributed by atoms with E-state index in [1.807, 2.05) is 30.0 Å². The summed E-state index contributed by atoms with van der Waals surface area (Å²) in [6, 6.07) is 12.2. The molecule has 0 N–H and O–H groups in total. The first kappa shape index (κ1) is 15.0. The predicted molar refractivity (Wildman–Crippen MR) is 87.9 cm³/mol. The highest BCUT2D eigenvalue weighted by atomic mass is 32.1. The number of amides is 1. The highest BCUT2D eigenvalue weighted by Crippen LogP contribution is 2.38. The van der Waals surface area contributed by atoms with Gasteiger partial charge in [-0.05, 0) is 29.0 Å². The second-order valence-corrected chi connectivity index (χ2v) is 6.70. The number of thiophene rings is 1. The lowest BCUT2D eigenvalue weighted by Gasteiger charge is -2.37. The molecular weight excluding hydrogens is 294 g/mol. The summed E-state index contributed by atoms with van der Waals surface area (Å²) in [6.07, 6.45) is 2.02. The van der Waals surface area contributed by atoms with Crippen LogP contribution in [0.5, 0.6) is 0 Å². The molecule has 0 aliphatic carbocycles. The second-order valence-electron chi connectivity index (χ2n) is 5.70. The molecule has 1 aromatic carbocycles. The van der Waals surface area contributed by atoms with E-state index in [-0.39, 0.29) is 24.3 Å². The van der Waals surface area contributed by atoms with Crippen LogP contribution in [0.15, 0.2) is 41.8 Å². The normalized spacial score (nSPS) is 18.6. The fraction of sp³-hybridized carbons (Fsp3) is 0.333. The predicted octanol–water partition coefficient (Wildman–Crippen LogP) is 3.45. The van der Waals surface area contributed by atoms with Crippen molar-refractivity contribution < 1.29 is 9.59 Å². The Kier molecular flexibility index (Phi) is 4.39. The first-order valence-corrected chi connectivity index (χ1v) is 8.45. The van der Waals surface area contributed by atoms with Crippen LogP contribution >= 0.6 is 11.3 Å². The molecule has 1 aromatic heterocycles. The van der Waals surface area contributed by atoms with Crippen molar-refractivity contribution in [1.82, 2.24) is 4.90 Å². The van der Waals surface area contributed by atoms with Gasteiger partial charge in [0, 0.05) is 23.8 Å². The van der Waals surface area contributed by atoms with Crippen molar-refractivity contribution in [2.75, 3.05) is 6.54 Å². The molecule has 0 saturated carbocycles. The van der Waals surface area contributed by atoms with Crippen LogP contribution < -0.4 is 0 Å². The molecule has 4 heteroatoms. The number of benzene rings is 1. The van der Waals surface area contributed by atoms with E-state index in [9.17, 15) is 9.59 Å². The number of carbonyl (C=O) groups is 2. The smallest absolute Gasteiger partial charge is 0.226 e. The molecule has 0 bridgehead atoms. The largest absolute Gasteiger partial charge is 0.331 e. The first-order valence-electron chi connectivity index (χ1n) is 7.57. The maximum atomic E-state index is 12.8. The van der Waals surface area contributed by atoms with Gasteiger partial charge < -0.3 is 9.69 Å². The maximum absolute atomic E-state index is 12.8. The summed E-state index contributed by atoms with van der Waals surface area (Å²) >= 11 is 1.76. The van der Waals surface area contributed by atoms with E-state index in [1.54, 1.807) is 11.3 Å². The number of hydrogen-bond donors (Lipinski definition) is 0. The zero-order valence-electron chi connectivity index (χ0n) is 12.6. The molecule has 2 heterocycles. The Morgan fingerprint density at radius 1 is 1.36 bits per heavy atom. The SMILES string of the molecule is CC(CC=O)C(=O)N1CCc2sccc2C1c1ccccc1. The molecule has 1 amide bonds. The summed E-state index contributed by atoms with van der Waals surface area (Å²) < 4.78 is 0. The van der Waals surface area contributed by atoms with Crippen molar-refractivity contribution in [1.29, 1.82) is 0 Å². The van der Waals surface area contributed by atoms with Crippen molar-refractivity contribution in [2.24, 2.45) is 5.92 Å². The number of hydrogen-bond acceptors (Lipinski definition) is 3. The Hall–Kier alpha value is -1.94. The Morgan fingerprint density at radius 3 is 2.86 bits per heavy atom. The molecule has 1 aliphatic rings. The van der Waals surface area contributed by atoms with Crippen LogP contribution in [0.4, 0.5) is 0 Å². The Bertz CT molecular complexity index is 665. The maximum Gasteiger partial charge on any atom is 0.226 e. The zero-order chi connectivity index (χ0) is 15.5. The molecule has 3 rings (SSSR count). The van der Waals surface area contributed by atoms with E-state index in [2.05, 4.69) is 23.6 Å². The summed E-state index contributed by atoms with van der Waals surface area (Å²) in [6.45, 7) is 2.55. The van der Waals surface area contributed by atoms with E-state index in [0.717, 1.165) is 24.8 Å². The monoisotopic (exact) mass is 313 g/mol. The summed E-state index contributed by atoms with van der Waals surface area (Å²) in [7, 11) is 0. The molecule has 0 saturated heterocycles. The van der Waals surface area contributed by atoms with Crippen molar-refractivity contribution >= 4 is 23.5 Å².